The average Bonchev–Trinajstić information content (AvgIpc) is 2.66. The van der Waals surface area contributed by atoms with Crippen molar-refractivity contribution >= 4 is 6.03 Å². The van der Waals surface area contributed by atoms with E-state index in [0.717, 1.165) is 29.9 Å². The van der Waals surface area contributed by atoms with Gasteiger partial charge in [0.2, 0.25) is 0 Å². The number of benzene rings is 2. The van der Waals surface area contributed by atoms with Crippen molar-refractivity contribution < 1.29 is 14.3 Å². The fourth-order valence-corrected chi connectivity index (χ4v) is 2.37. The van der Waals surface area contributed by atoms with Gasteiger partial charge in [-0.15, -0.1) is 0 Å². The molecule has 0 aliphatic rings. The van der Waals surface area contributed by atoms with Crippen LogP contribution in [0, 0.1) is 0 Å². The van der Waals surface area contributed by atoms with Crippen LogP contribution in [-0.4, -0.2) is 32.8 Å². The average molecular weight is 342 g/mol. The lowest BCUT2D eigenvalue weighted by Crippen LogP contribution is -2.38. The van der Waals surface area contributed by atoms with Gasteiger partial charge in [-0.25, -0.2) is 4.79 Å². The molecule has 134 valence electrons. The van der Waals surface area contributed by atoms with Gasteiger partial charge in [0.05, 0.1) is 13.7 Å². The van der Waals surface area contributed by atoms with Gasteiger partial charge in [0.15, 0.2) is 0 Å². The van der Waals surface area contributed by atoms with E-state index in [1.165, 1.54) is 5.56 Å². The van der Waals surface area contributed by atoms with Crippen LogP contribution in [0.2, 0.25) is 0 Å². The Kier molecular flexibility index (Phi) is 7.63. The quantitative estimate of drug-likeness (QED) is 0.688. The number of hydrogen-bond acceptors (Lipinski definition) is 3. The van der Waals surface area contributed by atoms with Crippen molar-refractivity contribution in [2.24, 2.45) is 0 Å². The first-order chi connectivity index (χ1) is 12.2. The van der Waals surface area contributed by atoms with E-state index in [0.29, 0.717) is 19.7 Å². The third-order valence-corrected chi connectivity index (χ3v) is 3.82. The van der Waals surface area contributed by atoms with Crippen LogP contribution in [0.1, 0.15) is 18.1 Å². The van der Waals surface area contributed by atoms with Gasteiger partial charge in [0.1, 0.15) is 18.1 Å². The van der Waals surface area contributed by atoms with Crippen LogP contribution in [0.25, 0.3) is 0 Å². The number of rotatable bonds is 9. The first-order valence-electron chi connectivity index (χ1n) is 8.57. The summed E-state index contributed by atoms with van der Waals surface area (Å²) in [6.07, 6.45) is 1.77. The molecule has 0 aromatic heterocycles. The summed E-state index contributed by atoms with van der Waals surface area (Å²) in [6, 6.07) is 15.6. The number of amides is 2. The van der Waals surface area contributed by atoms with Gasteiger partial charge in [0.25, 0.3) is 0 Å². The minimum atomic E-state index is -0.187. The van der Waals surface area contributed by atoms with Crippen molar-refractivity contribution in [1.82, 2.24) is 10.6 Å². The SMILES string of the molecule is CCc1ccc(OCCNC(=O)NCCc2cccc(OC)c2)cc1. The van der Waals surface area contributed by atoms with Crippen LogP contribution in [0.3, 0.4) is 0 Å². The molecule has 5 heteroatoms. The summed E-state index contributed by atoms with van der Waals surface area (Å²) in [5.41, 5.74) is 2.40. The summed E-state index contributed by atoms with van der Waals surface area (Å²) in [4.78, 5) is 11.7. The van der Waals surface area contributed by atoms with Crippen molar-refractivity contribution in [3.63, 3.8) is 0 Å². The first kappa shape index (κ1) is 18.6. The van der Waals surface area contributed by atoms with Crippen LogP contribution in [0.4, 0.5) is 4.79 Å². The number of carbonyl (C=O) groups is 1. The maximum absolute atomic E-state index is 11.7. The van der Waals surface area contributed by atoms with Crippen molar-refractivity contribution in [2.45, 2.75) is 19.8 Å². The zero-order chi connectivity index (χ0) is 17.9. The van der Waals surface area contributed by atoms with Crippen molar-refractivity contribution in [3.8, 4) is 11.5 Å². The van der Waals surface area contributed by atoms with Gasteiger partial charge in [-0.3, -0.25) is 0 Å². The van der Waals surface area contributed by atoms with Crippen LogP contribution in [-0.2, 0) is 12.8 Å². The molecule has 5 nitrogen and oxygen atoms in total. The van der Waals surface area contributed by atoms with Gasteiger partial charge in [-0.05, 0) is 48.2 Å². The largest absolute Gasteiger partial charge is 0.497 e. The molecule has 0 fully saturated rings. The van der Waals surface area contributed by atoms with Crippen molar-refractivity contribution in [1.29, 1.82) is 0 Å². The number of ether oxygens (including phenoxy) is 2. The monoisotopic (exact) mass is 342 g/mol. The predicted octanol–water partition coefficient (Wildman–Crippen LogP) is 3.18. The highest BCUT2D eigenvalue weighted by molar-refractivity contribution is 5.73. The second-order valence-corrected chi connectivity index (χ2v) is 5.63. The Balaban J connectivity index is 1.58. The molecule has 0 atom stereocenters. The smallest absolute Gasteiger partial charge is 0.314 e. The molecular formula is C20H26N2O3. The number of carbonyl (C=O) groups excluding carboxylic acids is 1. The molecule has 2 aromatic carbocycles. The summed E-state index contributed by atoms with van der Waals surface area (Å²) < 4.78 is 10.8. The molecule has 0 radical (unpaired) electrons. The zero-order valence-corrected chi connectivity index (χ0v) is 14.9. The van der Waals surface area contributed by atoms with Gasteiger partial charge in [0, 0.05) is 6.54 Å². The molecule has 0 aliphatic carbocycles. The lowest BCUT2D eigenvalue weighted by molar-refractivity contribution is 0.236. The van der Waals surface area contributed by atoms with Gasteiger partial charge in [-0.2, -0.15) is 0 Å². The third kappa shape index (κ3) is 6.75. The Labute approximate surface area is 149 Å². The maximum atomic E-state index is 11.7. The minimum Gasteiger partial charge on any atom is -0.497 e. The molecule has 0 unspecified atom stereocenters. The molecule has 0 aliphatic heterocycles. The molecule has 0 spiro atoms. The highest BCUT2D eigenvalue weighted by atomic mass is 16.5. The fraction of sp³-hybridized carbons (Fsp3) is 0.350. The van der Waals surface area contributed by atoms with E-state index in [2.05, 4.69) is 17.6 Å². The Morgan fingerprint density at radius 2 is 1.72 bits per heavy atom. The number of hydrogen-bond donors (Lipinski definition) is 2. The standard InChI is InChI=1S/C20H26N2O3/c1-3-16-7-9-18(10-8-16)25-14-13-22-20(23)21-12-11-17-5-4-6-19(15-17)24-2/h4-10,15H,3,11-14H2,1-2H3,(H2,21,22,23). The molecule has 25 heavy (non-hydrogen) atoms. The van der Waals surface area contributed by atoms with Crippen molar-refractivity contribution in [2.75, 3.05) is 26.8 Å². The van der Waals surface area contributed by atoms with Crippen LogP contribution >= 0.6 is 0 Å². The van der Waals surface area contributed by atoms with Crippen LogP contribution in [0.5, 0.6) is 11.5 Å². The Morgan fingerprint density at radius 1 is 0.960 bits per heavy atom. The minimum absolute atomic E-state index is 0.187. The highest BCUT2D eigenvalue weighted by Gasteiger charge is 2.01. The van der Waals surface area contributed by atoms with E-state index in [1.807, 2.05) is 48.5 Å². The summed E-state index contributed by atoms with van der Waals surface area (Å²) in [5, 5.41) is 5.62. The molecular weight excluding hydrogens is 316 g/mol. The Morgan fingerprint density at radius 3 is 2.44 bits per heavy atom. The lowest BCUT2D eigenvalue weighted by atomic mass is 10.1. The zero-order valence-electron chi connectivity index (χ0n) is 14.9. The molecule has 2 rings (SSSR count). The molecule has 2 aromatic rings. The van der Waals surface area contributed by atoms with E-state index in [9.17, 15) is 4.79 Å². The predicted molar refractivity (Wildman–Crippen MR) is 99.4 cm³/mol. The van der Waals surface area contributed by atoms with Gasteiger partial charge < -0.3 is 20.1 Å². The normalized spacial score (nSPS) is 10.2. The molecule has 2 amide bonds. The van der Waals surface area contributed by atoms with Gasteiger partial charge >= 0.3 is 6.03 Å². The van der Waals surface area contributed by atoms with Crippen molar-refractivity contribution in [3.05, 3.63) is 59.7 Å². The number of methoxy groups -OCH3 is 1. The van der Waals surface area contributed by atoms with E-state index >= 15 is 0 Å². The second kappa shape index (κ2) is 10.2. The Bertz CT molecular complexity index is 656. The summed E-state index contributed by atoms with van der Waals surface area (Å²) in [5.74, 6) is 1.64. The molecule has 0 bridgehead atoms. The third-order valence-electron chi connectivity index (χ3n) is 3.82. The van der Waals surface area contributed by atoms with Gasteiger partial charge in [-0.1, -0.05) is 31.2 Å². The summed E-state index contributed by atoms with van der Waals surface area (Å²) in [7, 11) is 1.64. The number of aryl methyl sites for hydroxylation is 1. The maximum Gasteiger partial charge on any atom is 0.314 e. The fourth-order valence-electron chi connectivity index (χ4n) is 2.37. The van der Waals surface area contributed by atoms with E-state index in [4.69, 9.17) is 9.47 Å². The van der Waals surface area contributed by atoms with Crippen LogP contribution in [0.15, 0.2) is 48.5 Å². The molecule has 0 saturated carbocycles. The number of urea groups is 1. The lowest BCUT2D eigenvalue weighted by Gasteiger charge is -2.10. The van der Waals surface area contributed by atoms with E-state index < -0.39 is 0 Å². The molecule has 0 heterocycles. The summed E-state index contributed by atoms with van der Waals surface area (Å²) >= 11 is 0. The van der Waals surface area contributed by atoms with Crippen LogP contribution < -0.4 is 20.1 Å². The van der Waals surface area contributed by atoms with E-state index in [-0.39, 0.29) is 6.03 Å². The van der Waals surface area contributed by atoms with E-state index in [1.54, 1.807) is 7.11 Å². The Hall–Kier alpha value is -2.69. The highest BCUT2D eigenvalue weighted by Crippen LogP contribution is 2.13. The second-order valence-electron chi connectivity index (χ2n) is 5.63. The first-order valence-corrected chi connectivity index (χ1v) is 8.57. The number of nitrogens with one attached hydrogen (secondary N) is 2. The summed E-state index contributed by atoms with van der Waals surface area (Å²) in [6.45, 7) is 3.58. The molecule has 2 N–H and O–H groups in total. The molecule has 0 saturated heterocycles. The topological polar surface area (TPSA) is 59.6 Å².